The summed E-state index contributed by atoms with van der Waals surface area (Å²) in [5.74, 6) is 0.359. The molecule has 0 spiro atoms. The van der Waals surface area contributed by atoms with Crippen molar-refractivity contribution in [1.82, 2.24) is 24.4 Å². The molecule has 37 heavy (non-hydrogen) atoms. The van der Waals surface area contributed by atoms with Crippen molar-refractivity contribution in [3.63, 3.8) is 0 Å². The zero-order valence-electron chi connectivity index (χ0n) is 21.0. The Hall–Kier alpha value is -2.24. The zero-order valence-corrected chi connectivity index (χ0v) is 23.6. The van der Waals surface area contributed by atoms with Crippen molar-refractivity contribution in [3.05, 3.63) is 43.0 Å². The zero-order chi connectivity index (χ0) is 26.4. The molecule has 0 unspecified atom stereocenters. The van der Waals surface area contributed by atoms with Crippen LogP contribution in [0.3, 0.4) is 0 Å². The quantitative estimate of drug-likeness (QED) is 0.134. The van der Waals surface area contributed by atoms with Gasteiger partial charge in [0.1, 0.15) is 0 Å². The molecule has 1 saturated heterocycles. The number of imidazole rings is 1. The number of hydrogen-bond donors (Lipinski definition) is 0. The second kappa shape index (κ2) is 12.5. The van der Waals surface area contributed by atoms with Crippen molar-refractivity contribution in [2.24, 2.45) is 4.99 Å². The molecule has 11 nitrogen and oxygen atoms in total. The predicted molar refractivity (Wildman–Crippen MR) is 138 cm³/mol. The van der Waals surface area contributed by atoms with Gasteiger partial charge < -0.3 is 0 Å². The molecule has 0 aliphatic carbocycles. The summed E-state index contributed by atoms with van der Waals surface area (Å²) < 4.78 is 54.3. The van der Waals surface area contributed by atoms with E-state index in [1.54, 1.807) is 25.1 Å². The first kappa shape index (κ1) is 27.8. The number of halogens is 1. The Morgan fingerprint density at radius 3 is 2.59 bits per heavy atom. The van der Waals surface area contributed by atoms with E-state index >= 15 is 4.39 Å². The maximum absolute atomic E-state index is 16.1. The summed E-state index contributed by atoms with van der Waals surface area (Å²) in [6.45, 7) is 3.82. The molecule has 3 aromatic rings. The minimum absolute atomic E-state index is 0.192. The van der Waals surface area contributed by atoms with Crippen LogP contribution < -0.4 is 4.46 Å². The van der Waals surface area contributed by atoms with Crippen LogP contribution in [-0.4, -0.2) is 91.8 Å². The van der Waals surface area contributed by atoms with Crippen LogP contribution in [0, 0.1) is 0 Å². The van der Waals surface area contributed by atoms with Crippen molar-refractivity contribution >= 4 is 50.3 Å². The second-order valence-corrected chi connectivity index (χ2v) is 12.8. The molecule has 1 aliphatic heterocycles. The molecule has 0 radical (unpaired) electrons. The van der Waals surface area contributed by atoms with E-state index < -0.39 is 31.1 Å². The van der Waals surface area contributed by atoms with Crippen molar-refractivity contribution in [2.75, 3.05) is 33.7 Å². The van der Waals surface area contributed by atoms with E-state index in [-0.39, 0.29) is 34.5 Å². The fraction of sp³-hybridized carbons (Fsp3) is 0.478. The van der Waals surface area contributed by atoms with Crippen LogP contribution in [0.4, 0.5) is 10.2 Å². The number of hydrogen-bond acceptors (Lipinski definition) is 9. The molecule has 2 aromatic heterocycles. The van der Waals surface area contributed by atoms with E-state index in [9.17, 15) is 4.57 Å². The van der Waals surface area contributed by atoms with Gasteiger partial charge >= 0.3 is 221 Å². The van der Waals surface area contributed by atoms with E-state index in [0.29, 0.717) is 17.0 Å². The van der Waals surface area contributed by atoms with Gasteiger partial charge in [0, 0.05) is 0 Å². The molecule has 3 heterocycles. The third-order valence-corrected chi connectivity index (χ3v) is 9.71. The average Bonchev–Trinajstić information content (AvgIpc) is 3.44. The van der Waals surface area contributed by atoms with E-state index in [2.05, 4.69) is 19.9 Å². The molecule has 0 amide bonds. The summed E-state index contributed by atoms with van der Waals surface area (Å²) >= 11 is -0.353. The topological polar surface area (TPSA) is 113 Å². The fourth-order valence-corrected chi connectivity index (χ4v) is 7.44. The fourth-order valence-electron chi connectivity index (χ4n) is 3.69. The van der Waals surface area contributed by atoms with Gasteiger partial charge in [-0.05, 0) is 0 Å². The predicted octanol–water partition coefficient (Wildman–Crippen LogP) is 3.30. The number of fused-ring (bicyclic) bond motifs is 1. The van der Waals surface area contributed by atoms with Crippen molar-refractivity contribution in [1.29, 1.82) is 0 Å². The minimum atomic E-state index is -3.52. The Balaban J connectivity index is 1.63. The van der Waals surface area contributed by atoms with Crippen LogP contribution in [0.1, 0.15) is 20.1 Å². The monoisotopic (exact) mass is 600 g/mol. The Labute approximate surface area is 221 Å². The van der Waals surface area contributed by atoms with Gasteiger partial charge in [-0.25, -0.2) is 0 Å². The molecule has 4 atom stereocenters. The first-order valence-electron chi connectivity index (χ1n) is 11.7. The van der Waals surface area contributed by atoms with E-state index in [0.717, 1.165) is 4.46 Å². The van der Waals surface area contributed by atoms with Crippen LogP contribution in [-0.2, 0) is 23.1 Å². The molecule has 4 rings (SSSR count). The second-order valence-electron chi connectivity index (χ2n) is 8.21. The molecule has 1 aromatic carbocycles. The summed E-state index contributed by atoms with van der Waals surface area (Å²) in [6, 6.07) is 9.60. The molecule has 0 bridgehead atoms. The molecule has 14 heteroatoms. The van der Waals surface area contributed by atoms with Crippen molar-refractivity contribution < 1.29 is 27.5 Å². The maximum atomic E-state index is 16.1. The Kier molecular flexibility index (Phi) is 9.41. The number of ether oxygens (including phenoxy) is 2. The van der Waals surface area contributed by atoms with Gasteiger partial charge in [-0.15, -0.1) is 0 Å². The normalized spacial score (nSPS) is 22.3. The molecule has 0 N–H and O–H groups in total. The first-order valence-corrected chi connectivity index (χ1v) is 15.3. The van der Waals surface area contributed by atoms with Gasteiger partial charge in [-0.1, -0.05) is 0 Å². The standard InChI is InChI=1S/C23H30FN6O5PSe/c1-5-33-36(31,34-6-2)15-32-23-19(37-16-10-8-7-9-11-16)17(24)22(35-23)30-14-27-18-20(28-13-29(3)4)25-12-26-21(18)30/h7-14,17,19,22-23H,5-6,15H2,1-4H3/t17-,19-,22+,23-/m0/s1. The van der Waals surface area contributed by atoms with Crippen LogP contribution in [0.2, 0.25) is 4.82 Å². The van der Waals surface area contributed by atoms with E-state index in [1.165, 1.54) is 17.2 Å². The van der Waals surface area contributed by atoms with E-state index in [1.807, 2.05) is 44.4 Å². The summed E-state index contributed by atoms with van der Waals surface area (Å²) in [6.07, 6.45) is 0.559. The number of rotatable bonds is 12. The molecule has 1 aliphatic rings. The van der Waals surface area contributed by atoms with Crippen LogP contribution >= 0.6 is 7.60 Å². The van der Waals surface area contributed by atoms with Gasteiger partial charge in [0.15, 0.2) is 0 Å². The summed E-state index contributed by atoms with van der Waals surface area (Å²) in [5.41, 5.74) is 0.803. The number of benzene rings is 1. The number of aromatic nitrogens is 4. The van der Waals surface area contributed by atoms with Crippen LogP contribution in [0.5, 0.6) is 0 Å². The van der Waals surface area contributed by atoms with Crippen molar-refractivity contribution in [3.8, 4) is 0 Å². The number of alkyl halides is 1. The molecular formula is C23H30FN6O5PSe. The summed E-state index contributed by atoms with van der Waals surface area (Å²) in [5, 5.41) is 0. The third kappa shape index (κ3) is 6.61. The van der Waals surface area contributed by atoms with E-state index in [4.69, 9.17) is 18.5 Å². The summed E-state index contributed by atoms with van der Waals surface area (Å²) in [7, 11) is 0.158. The van der Waals surface area contributed by atoms with Gasteiger partial charge in [0.05, 0.1) is 0 Å². The molecule has 0 saturated carbocycles. The van der Waals surface area contributed by atoms with Gasteiger partial charge in [-0.3, -0.25) is 0 Å². The molecule has 200 valence electrons. The number of aliphatic imine (C=N–C) groups is 1. The average molecular weight is 599 g/mol. The van der Waals surface area contributed by atoms with Gasteiger partial charge in [0.25, 0.3) is 0 Å². The van der Waals surface area contributed by atoms with Crippen LogP contribution in [0.15, 0.2) is 48.0 Å². The molecule has 1 fully saturated rings. The number of nitrogens with zero attached hydrogens (tertiary/aromatic N) is 6. The third-order valence-electron chi connectivity index (χ3n) is 5.22. The first-order chi connectivity index (χ1) is 17.8. The SMILES string of the molecule is CCOP(=O)(CO[C@H]1O[C@@H](n2cnc3c(N=CN(C)C)ncnc32)[C@@H](F)[C@@H]1[Se]c1ccccc1)OCC. The van der Waals surface area contributed by atoms with Crippen molar-refractivity contribution in [2.45, 2.75) is 37.4 Å². The molecular weight excluding hydrogens is 569 g/mol. The Morgan fingerprint density at radius 2 is 1.92 bits per heavy atom. The van der Waals surface area contributed by atoms with Gasteiger partial charge in [0.2, 0.25) is 0 Å². The Bertz CT molecular complexity index is 1240. The Morgan fingerprint density at radius 1 is 1.19 bits per heavy atom. The summed E-state index contributed by atoms with van der Waals surface area (Å²) in [4.78, 5) is 18.3. The van der Waals surface area contributed by atoms with Crippen LogP contribution in [0.25, 0.3) is 11.2 Å². The van der Waals surface area contributed by atoms with Gasteiger partial charge in [-0.2, -0.15) is 0 Å².